The molecule has 0 aliphatic rings. The smallest absolute Gasteiger partial charge is 0.119 e. The third-order valence-electron chi connectivity index (χ3n) is 1.93. The molecule has 72 valence electrons. The van der Waals surface area contributed by atoms with Crippen LogP contribution >= 0.6 is 0 Å². The third kappa shape index (κ3) is 2.95. The Morgan fingerprint density at radius 1 is 1.43 bits per heavy atom. The van der Waals surface area contributed by atoms with Crippen molar-refractivity contribution in [2.75, 3.05) is 6.61 Å². The normalized spacial score (nSPS) is 9.14. The van der Waals surface area contributed by atoms with Gasteiger partial charge in [0.25, 0.3) is 0 Å². The summed E-state index contributed by atoms with van der Waals surface area (Å²) in [6, 6.07) is 9.12. The van der Waals surface area contributed by atoms with E-state index >= 15 is 0 Å². The van der Waals surface area contributed by atoms with Crippen molar-refractivity contribution < 1.29 is 4.74 Å². The van der Waals surface area contributed by atoms with Gasteiger partial charge < -0.3 is 4.74 Å². The lowest BCUT2D eigenvalue weighted by Crippen LogP contribution is -1.99. The minimum Gasteiger partial charge on any atom is -0.489 e. The molecule has 0 aliphatic heterocycles. The van der Waals surface area contributed by atoms with Crippen molar-refractivity contribution in [3.8, 4) is 11.8 Å². The van der Waals surface area contributed by atoms with Crippen LogP contribution in [0.15, 0.2) is 36.4 Å². The van der Waals surface area contributed by atoms with Crippen molar-refractivity contribution in [3.63, 3.8) is 0 Å². The molecule has 1 aromatic rings. The first kappa shape index (κ1) is 10.3. The zero-order chi connectivity index (χ0) is 10.4. The quantitative estimate of drug-likeness (QED) is 0.679. The Morgan fingerprint density at radius 3 is 2.57 bits per heavy atom. The van der Waals surface area contributed by atoms with Crippen LogP contribution in [-0.4, -0.2) is 6.61 Å². The van der Waals surface area contributed by atoms with Gasteiger partial charge in [0.1, 0.15) is 12.4 Å². The van der Waals surface area contributed by atoms with Crippen LogP contribution in [0.3, 0.4) is 0 Å². The van der Waals surface area contributed by atoms with Crippen LogP contribution in [0.2, 0.25) is 0 Å². The molecular formula is C12H13NO. The second-order valence-corrected chi connectivity index (χ2v) is 3.03. The van der Waals surface area contributed by atoms with E-state index in [0.29, 0.717) is 12.2 Å². The van der Waals surface area contributed by atoms with Crippen LogP contribution in [0, 0.1) is 11.3 Å². The fourth-order valence-corrected chi connectivity index (χ4v) is 0.913. The fourth-order valence-electron chi connectivity index (χ4n) is 0.913. The molecule has 0 N–H and O–H groups in total. The van der Waals surface area contributed by atoms with Crippen LogP contribution < -0.4 is 4.74 Å². The largest absolute Gasteiger partial charge is 0.489 e. The molecule has 0 saturated carbocycles. The molecule has 0 aliphatic carbocycles. The summed E-state index contributed by atoms with van der Waals surface area (Å²) in [4.78, 5) is 0. The lowest BCUT2D eigenvalue weighted by Gasteiger charge is -2.06. The predicted octanol–water partition coefficient (Wildman–Crippen LogP) is 2.90. The predicted molar refractivity (Wildman–Crippen MR) is 56.1 cm³/mol. The molecule has 0 aromatic heterocycles. The first-order valence-corrected chi connectivity index (χ1v) is 4.56. The van der Waals surface area contributed by atoms with Crippen LogP contribution in [-0.2, 0) is 0 Å². The highest BCUT2D eigenvalue weighted by molar-refractivity contribution is 5.34. The summed E-state index contributed by atoms with van der Waals surface area (Å²) in [5.41, 5.74) is 1.71. The second kappa shape index (κ2) is 5.08. The summed E-state index contributed by atoms with van der Waals surface area (Å²) in [7, 11) is 0. The molecule has 0 atom stereocenters. The van der Waals surface area contributed by atoms with Gasteiger partial charge in [-0.05, 0) is 36.3 Å². The Balaban J connectivity index is 2.53. The van der Waals surface area contributed by atoms with E-state index in [2.05, 4.69) is 12.6 Å². The molecule has 0 unspecified atom stereocenters. The Bertz CT molecular complexity index is 346. The van der Waals surface area contributed by atoms with Crippen LogP contribution in [0.1, 0.15) is 18.9 Å². The minimum absolute atomic E-state index is 0.544. The lowest BCUT2D eigenvalue weighted by molar-refractivity contribution is 0.349. The minimum atomic E-state index is 0.544. The Kier molecular flexibility index (Phi) is 3.75. The summed E-state index contributed by atoms with van der Waals surface area (Å²) in [6.07, 6.45) is 0.927. The number of ether oxygens (including phenoxy) is 1. The molecule has 2 heteroatoms. The number of nitrogens with zero attached hydrogens (tertiary/aromatic N) is 1. The molecule has 1 rings (SSSR count). The van der Waals surface area contributed by atoms with Gasteiger partial charge in [-0.25, -0.2) is 0 Å². The monoisotopic (exact) mass is 187 g/mol. The van der Waals surface area contributed by atoms with Gasteiger partial charge in [0.2, 0.25) is 0 Å². The van der Waals surface area contributed by atoms with Crippen molar-refractivity contribution in [3.05, 3.63) is 42.0 Å². The molecule has 0 spiro atoms. The van der Waals surface area contributed by atoms with E-state index < -0.39 is 0 Å². The highest BCUT2D eigenvalue weighted by atomic mass is 16.5. The molecule has 14 heavy (non-hydrogen) atoms. The Hall–Kier alpha value is -1.75. The van der Waals surface area contributed by atoms with Gasteiger partial charge in [-0.15, -0.1) is 0 Å². The SMILES string of the molecule is C=C(CC)COc1ccc(C#N)cc1. The Morgan fingerprint density at radius 2 is 2.07 bits per heavy atom. The number of rotatable bonds is 4. The molecule has 0 amide bonds. The van der Waals surface area contributed by atoms with E-state index in [1.807, 2.05) is 6.92 Å². The highest BCUT2D eigenvalue weighted by Crippen LogP contribution is 2.12. The summed E-state index contributed by atoms with van der Waals surface area (Å²) in [5, 5.41) is 8.58. The van der Waals surface area contributed by atoms with E-state index in [4.69, 9.17) is 10.00 Å². The topological polar surface area (TPSA) is 33.0 Å². The maximum Gasteiger partial charge on any atom is 0.119 e. The van der Waals surface area contributed by atoms with E-state index in [-0.39, 0.29) is 0 Å². The number of nitriles is 1. The summed E-state index contributed by atoms with van der Waals surface area (Å²) < 4.78 is 5.45. The highest BCUT2D eigenvalue weighted by Gasteiger charge is 1.95. The average Bonchev–Trinajstić information content (AvgIpc) is 2.26. The maximum atomic E-state index is 8.58. The lowest BCUT2D eigenvalue weighted by atomic mass is 10.2. The van der Waals surface area contributed by atoms with Gasteiger partial charge >= 0.3 is 0 Å². The molecular weight excluding hydrogens is 174 g/mol. The molecule has 0 saturated heterocycles. The number of benzene rings is 1. The fraction of sp³-hybridized carbons (Fsp3) is 0.250. The van der Waals surface area contributed by atoms with Crippen molar-refractivity contribution in [2.45, 2.75) is 13.3 Å². The van der Waals surface area contributed by atoms with Gasteiger partial charge in [0.15, 0.2) is 0 Å². The molecule has 0 bridgehead atoms. The van der Waals surface area contributed by atoms with Crippen molar-refractivity contribution >= 4 is 0 Å². The van der Waals surface area contributed by atoms with Gasteiger partial charge in [0.05, 0.1) is 11.6 Å². The first-order chi connectivity index (χ1) is 6.76. The van der Waals surface area contributed by atoms with Crippen molar-refractivity contribution in [1.29, 1.82) is 5.26 Å². The van der Waals surface area contributed by atoms with Gasteiger partial charge in [-0.3, -0.25) is 0 Å². The summed E-state index contributed by atoms with van der Waals surface area (Å²) in [5.74, 6) is 0.776. The van der Waals surface area contributed by atoms with E-state index in [0.717, 1.165) is 17.7 Å². The zero-order valence-corrected chi connectivity index (χ0v) is 8.29. The standard InChI is InChI=1S/C12H13NO/c1-3-10(2)9-14-12-6-4-11(8-13)5-7-12/h4-7H,2-3,9H2,1H3. The van der Waals surface area contributed by atoms with Gasteiger partial charge in [-0.2, -0.15) is 5.26 Å². The van der Waals surface area contributed by atoms with Gasteiger partial charge in [-0.1, -0.05) is 13.5 Å². The second-order valence-electron chi connectivity index (χ2n) is 3.03. The molecule has 0 heterocycles. The zero-order valence-electron chi connectivity index (χ0n) is 8.29. The van der Waals surface area contributed by atoms with Crippen LogP contribution in [0.25, 0.3) is 0 Å². The van der Waals surface area contributed by atoms with Crippen LogP contribution in [0.5, 0.6) is 5.75 Å². The Labute approximate surface area is 84.4 Å². The molecule has 0 fully saturated rings. The maximum absolute atomic E-state index is 8.58. The van der Waals surface area contributed by atoms with E-state index in [1.54, 1.807) is 24.3 Å². The van der Waals surface area contributed by atoms with Crippen molar-refractivity contribution in [2.24, 2.45) is 0 Å². The first-order valence-electron chi connectivity index (χ1n) is 4.56. The molecule has 2 nitrogen and oxygen atoms in total. The summed E-state index contributed by atoms with van der Waals surface area (Å²) in [6.45, 7) is 6.43. The van der Waals surface area contributed by atoms with E-state index in [9.17, 15) is 0 Å². The molecule has 1 aromatic carbocycles. The van der Waals surface area contributed by atoms with Gasteiger partial charge in [0, 0.05) is 0 Å². The third-order valence-corrected chi connectivity index (χ3v) is 1.93. The van der Waals surface area contributed by atoms with Crippen molar-refractivity contribution in [1.82, 2.24) is 0 Å². The van der Waals surface area contributed by atoms with E-state index in [1.165, 1.54) is 0 Å². The summed E-state index contributed by atoms with van der Waals surface area (Å²) >= 11 is 0. The average molecular weight is 187 g/mol. The molecule has 0 radical (unpaired) electrons. The number of hydrogen-bond acceptors (Lipinski definition) is 2. The number of hydrogen-bond donors (Lipinski definition) is 0. The van der Waals surface area contributed by atoms with Crippen LogP contribution in [0.4, 0.5) is 0 Å².